The van der Waals surface area contributed by atoms with Crippen LogP contribution < -0.4 is 11.1 Å². The van der Waals surface area contributed by atoms with Crippen molar-refractivity contribution >= 4 is 41.3 Å². The van der Waals surface area contributed by atoms with Crippen LogP contribution >= 0.6 is 11.6 Å². The number of pyridine rings is 1. The van der Waals surface area contributed by atoms with E-state index in [9.17, 15) is 14.4 Å². The molecule has 13 nitrogen and oxygen atoms in total. The molecule has 3 N–H and O–H groups in total. The SMILES string of the molecule is C=CN(C)/C(=C\N)[C@H](NC(=O)C1(OC)CC1)C1=Cc2cccnc2[C@@H](N2CCN(C(=O)OC3CCN(C(=O)OC(C)(C)C)CC3)CC2)c2ccc(Cl)cc21. The van der Waals surface area contributed by atoms with Crippen LogP contribution in [0, 0.1) is 0 Å². The number of likely N-dealkylation sites (tertiary alicyclic amines) is 1. The Hall–Kier alpha value is -4.59. The zero-order chi connectivity index (χ0) is 38.8. The zero-order valence-electron chi connectivity index (χ0n) is 31.8. The van der Waals surface area contributed by atoms with Crippen LogP contribution in [-0.2, 0) is 19.0 Å². The monoisotopic (exact) mass is 761 g/mol. The molecule has 6 rings (SSSR count). The summed E-state index contributed by atoms with van der Waals surface area (Å²) >= 11 is 6.73. The number of piperidine rings is 1. The Morgan fingerprint density at radius 1 is 1.07 bits per heavy atom. The van der Waals surface area contributed by atoms with Gasteiger partial charge in [0.05, 0.1) is 23.5 Å². The second kappa shape index (κ2) is 16.0. The maximum atomic E-state index is 13.8. The van der Waals surface area contributed by atoms with Crippen LogP contribution in [0.1, 0.15) is 74.9 Å². The maximum absolute atomic E-state index is 13.8. The van der Waals surface area contributed by atoms with Crippen molar-refractivity contribution in [2.45, 2.75) is 75.8 Å². The van der Waals surface area contributed by atoms with Gasteiger partial charge < -0.3 is 40.0 Å². The Morgan fingerprint density at radius 3 is 2.37 bits per heavy atom. The molecule has 2 atom stereocenters. The van der Waals surface area contributed by atoms with Crippen molar-refractivity contribution in [2.75, 3.05) is 53.4 Å². The minimum atomic E-state index is -0.882. The van der Waals surface area contributed by atoms with Gasteiger partial charge in [0.2, 0.25) is 0 Å². The molecule has 290 valence electrons. The van der Waals surface area contributed by atoms with Crippen LogP contribution in [0.3, 0.4) is 0 Å². The predicted molar refractivity (Wildman–Crippen MR) is 207 cm³/mol. The number of carbonyl (C=O) groups is 3. The third-order valence-electron chi connectivity index (χ3n) is 10.6. The van der Waals surface area contributed by atoms with Gasteiger partial charge in [-0.15, -0.1) is 0 Å². The number of aromatic nitrogens is 1. The third-order valence-corrected chi connectivity index (χ3v) is 10.8. The van der Waals surface area contributed by atoms with Gasteiger partial charge >= 0.3 is 12.2 Å². The van der Waals surface area contributed by atoms with Crippen molar-refractivity contribution in [2.24, 2.45) is 5.73 Å². The first kappa shape index (κ1) is 39.1. The average Bonchev–Trinajstić information content (AvgIpc) is 3.97. The van der Waals surface area contributed by atoms with Gasteiger partial charge in [-0.1, -0.05) is 30.3 Å². The van der Waals surface area contributed by atoms with Gasteiger partial charge in [-0.2, -0.15) is 0 Å². The number of ether oxygens (including phenoxy) is 3. The fourth-order valence-corrected chi connectivity index (χ4v) is 7.57. The normalized spacial score (nSPS) is 20.7. The molecular formula is C40H52ClN7O6. The number of hydrogen-bond donors (Lipinski definition) is 2. The van der Waals surface area contributed by atoms with E-state index >= 15 is 0 Å². The Labute approximate surface area is 322 Å². The molecule has 0 unspecified atom stereocenters. The standard InChI is InChI=1S/C40H52ClN7O6/c1-7-45(5)32(25-42)34(44-36(49)40(52-6)14-15-40)31-23-26-9-8-16-43-33(26)35(29-11-10-27(41)24-30(29)31)46-19-21-48(22-20-46)37(50)53-28-12-17-47(18-13-28)38(51)54-39(2,3)4/h7-11,16,23-25,28,34-35H,1,12-15,17-22,42H2,2-6H3,(H,44,49)/b32-25-/t34-,35+/m1/s1. The lowest BCUT2D eigenvalue weighted by Crippen LogP contribution is -2.51. The van der Waals surface area contributed by atoms with E-state index in [1.165, 1.54) is 6.20 Å². The minimum Gasteiger partial charge on any atom is -0.446 e. The molecular weight excluding hydrogens is 710 g/mol. The molecule has 0 bridgehead atoms. The van der Waals surface area contributed by atoms with Crippen LogP contribution in [0.4, 0.5) is 9.59 Å². The number of nitrogens with two attached hydrogens (primary N) is 1. The van der Waals surface area contributed by atoms with Gasteiger partial charge in [0, 0.05) is 83.7 Å². The van der Waals surface area contributed by atoms with E-state index in [4.69, 9.17) is 36.5 Å². The molecule has 1 saturated carbocycles. The number of likely N-dealkylation sites (N-methyl/N-ethyl adjacent to an activating group) is 1. The number of methoxy groups -OCH3 is 1. The van der Waals surface area contributed by atoms with Crippen LogP contribution in [-0.4, -0.2) is 119 Å². The summed E-state index contributed by atoms with van der Waals surface area (Å²) in [6.07, 6.45) is 8.38. The smallest absolute Gasteiger partial charge is 0.410 e. The summed E-state index contributed by atoms with van der Waals surface area (Å²) in [5.74, 6) is -0.222. The topological polar surface area (TPSA) is 143 Å². The highest BCUT2D eigenvalue weighted by Gasteiger charge is 2.51. The number of fused-ring (bicyclic) bond motifs is 2. The summed E-state index contributed by atoms with van der Waals surface area (Å²) in [7, 11) is 3.39. The average molecular weight is 762 g/mol. The molecule has 54 heavy (non-hydrogen) atoms. The minimum absolute atomic E-state index is 0.222. The van der Waals surface area contributed by atoms with E-state index in [0.29, 0.717) is 75.7 Å². The molecule has 0 radical (unpaired) electrons. The number of nitrogens with one attached hydrogen (secondary N) is 1. The van der Waals surface area contributed by atoms with Crippen molar-refractivity contribution in [1.29, 1.82) is 0 Å². The van der Waals surface area contributed by atoms with Crippen molar-refractivity contribution in [3.05, 3.63) is 88.6 Å². The molecule has 2 saturated heterocycles. The molecule has 0 spiro atoms. The Balaban J connectivity index is 1.23. The van der Waals surface area contributed by atoms with E-state index in [1.807, 2.05) is 58.2 Å². The number of hydrogen-bond acceptors (Lipinski definition) is 10. The van der Waals surface area contributed by atoms with Gasteiger partial charge in [-0.25, -0.2) is 9.59 Å². The van der Waals surface area contributed by atoms with Gasteiger partial charge in [0.1, 0.15) is 17.3 Å². The largest absolute Gasteiger partial charge is 0.446 e. The summed E-state index contributed by atoms with van der Waals surface area (Å²) in [6.45, 7) is 12.5. The van der Waals surface area contributed by atoms with Crippen LogP contribution in [0.15, 0.2) is 61.2 Å². The van der Waals surface area contributed by atoms with Crippen LogP contribution in [0.5, 0.6) is 0 Å². The Bertz CT molecular complexity index is 1810. The number of carbonyl (C=O) groups excluding carboxylic acids is 3. The second-order valence-corrected chi connectivity index (χ2v) is 15.7. The first-order chi connectivity index (χ1) is 25.8. The van der Waals surface area contributed by atoms with Crippen LogP contribution in [0.2, 0.25) is 5.02 Å². The summed E-state index contributed by atoms with van der Waals surface area (Å²) in [5, 5.41) is 3.80. The van der Waals surface area contributed by atoms with E-state index in [0.717, 1.165) is 28.0 Å². The Kier molecular flexibility index (Phi) is 11.6. The summed E-state index contributed by atoms with van der Waals surface area (Å²) in [5.41, 5.74) is 9.77. The number of amides is 3. The molecule has 14 heteroatoms. The van der Waals surface area contributed by atoms with Crippen molar-refractivity contribution in [3.8, 4) is 0 Å². The van der Waals surface area contributed by atoms with Crippen molar-refractivity contribution < 1.29 is 28.6 Å². The molecule has 4 aliphatic rings. The first-order valence-electron chi connectivity index (χ1n) is 18.5. The molecule has 3 amide bonds. The van der Waals surface area contributed by atoms with Crippen molar-refractivity contribution in [3.63, 3.8) is 0 Å². The number of piperazine rings is 1. The zero-order valence-corrected chi connectivity index (χ0v) is 32.6. The Morgan fingerprint density at radius 2 is 1.76 bits per heavy atom. The van der Waals surface area contributed by atoms with Crippen LogP contribution in [0.25, 0.3) is 11.6 Å². The molecule has 3 fully saturated rings. The summed E-state index contributed by atoms with van der Waals surface area (Å²) in [4.78, 5) is 52.1. The van der Waals surface area contributed by atoms with Gasteiger partial charge in [0.15, 0.2) is 0 Å². The molecule has 2 aliphatic heterocycles. The summed E-state index contributed by atoms with van der Waals surface area (Å²) < 4.78 is 17.1. The van der Waals surface area contributed by atoms with Gasteiger partial charge in [-0.05, 0) is 86.4 Å². The fourth-order valence-electron chi connectivity index (χ4n) is 7.39. The third kappa shape index (κ3) is 8.38. The number of halogens is 1. The lowest BCUT2D eigenvalue weighted by atomic mass is 9.89. The van der Waals surface area contributed by atoms with E-state index in [1.54, 1.807) is 34.2 Å². The molecule has 2 aromatic rings. The highest BCUT2D eigenvalue weighted by molar-refractivity contribution is 6.30. The molecule has 3 heterocycles. The number of benzene rings is 1. The highest BCUT2D eigenvalue weighted by Crippen LogP contribution is 2.44. The lowest BCUT2D eigenvalue weighted by molar-refractivity contribution is -0.133. The second-order valence-electron chi connectivity index (χ2n) is 15.3. The summed E-state index contributed by atoms with van der Waals surface area (Å²) in [6, 6.07) is 8.75. The van der Waals surface area contributed by atoms with E-state index in [-0.39, 0.29) is 30.2 Å². The van der Waals surface area contributed by atoms with E-state index in [2.05, 4.69) is 22.9 Å². The molecule has 1 aromatic heterocycles. The fraction of sp³-hybridized carbons (Fsp3) is 0.500. The molecule has 2 aliphatic carbocycles. The molecule has 1 aromatic carbocycles. The predicted octanol–water partition coefficient (Wildman–Crippen LogP) is 5.37. The lowest BCUT2D eigenvalue weighted by Gasteiger charge is -2.40. The van der Waals surface area contributed by atoms with Gasteiger partial charge in [-0.3, -0.25) is 14.7 Å². The number of nitrogens with zero attached hydrogens (tertiary/aromatic N) is 5. The quantitative estimate of drug-likeness (QED) is 0.343. The van der Waals surface area contributed by atoms with Crippen molar-refractivity contribution in [1.82, 2.24) is 29.9 Å². The maximum Gasteiger partial charge on any atom is 0.410 e. The first-order valence-corrected chi connectivity index (χ1v) is 18.9. The van der Waals surface area contributed by atoms with E-state index < -0.39 is 17.2 Å². The van der Waals surface area contributed by atoms with Gasteiger partial charge in [0.25, 0.3) is 5.91 Å². The highest BCUT2D eigenvalue weighted by atomic mass is 35.5. The number of rotatable bonds is 9.